The van der Waals surface area contributed by atoms with Crippen molar-refractivity contribution in [2.75, 3.05) is 36.0 Å². The fourth-order valence-electron chi connectivity index (χ4n) is 2.18. The maximum atomic E-state index is 5.93. The number of hydrogen-bond donors (Lipinski definition) is 0. The number of pyridine rings is 1. The number of alkyl halides is 1. The van der Waals surface area contributed by atoms with Gasteiger partial charge in [0.15, 0.2) is 0 Å². The lowest BCUT2D eigenvalue weighted by atomic mass is 10.3. The van der Waals surface area contributed by atoms with Gasteiger partial charge in [0.25, 0.3) is 0 Å². The zero-order valence-corrected chi connectivity index (χ0v) is 12.0. The van der Waals surface area contributed by atoms with Crippen molar-refractivity contribution in [1.29, 1.82) is 0 Å². The molecule has 0 bridgehead atoms. The predicted octanol–water partition coefficient (Wildman–Crippen LogP) is 2.09. The van der Waals surface area contributed by atoms with Crippen molar-refractivity contribution in [3.8, 4) is 0 Å². The van der Waals surface area contributed by atoms with Crippen molar-refractivity contribution < 1.29 is 4.42 Å². The molecular formula is C13H16ClN5O. The highest BCUT2D eigenvalue weighted by Gasteiger charge is 2.22. The molecule has 0 amide bonds. The Kier molecular flexibility index (Phi) is 3.73. The van der Waals surface area contributed by atoms with Crippen LogP contribution in [0.2, 0.25) is 0 Å². The third-order valence-electron chi connectivity index (χ3n) is 3.29. The Labute approximate surface area is 122 Å². The van der Waals surface area contributed by atoms with Crippen molar-refractivity contribution in [2.24, 2.45) is 0 Å². The van der Waals surface area contributed by atoms with Crippen LogP contribution in [0.15, 0.2) is 28.8 Å². The third-order valence-corrected chi connectivity index (χ3v) is 3.48. The van der Waals surface area contributed by atoms with Gasteiger partial charge >= 0.3 is 6.01 Å². The molecule has 6 nitrogen and oxygen atoms in total. The molecule has 1 atom stereocenters. The molecule has 3 heterocycles. The lowest BCUT2D eigenvalue weighted by Crippen LogP contribution is -2.47. The van der Waals surface area contributed by atoms with E-state index in [1.807, 2.05) is 31.3 Å². The molecule has 1 unspecified atom stereocenters. The van der Waals surface area contributed by atoms with Crippen LogP contribution in [-0.4, -0.2) is 41.4 Å². The Hall–Kier alpha value is -1.82. The van der Waals surface area contributed by atoms with E-state index in [9.17, 15) is 0 Å². The predicted molar refractivity (Wildman–Crippen MR) is 77.2 cm³/mol. The highest BCUT2D eigenvalue weighted by Crippen LogP contribution is 2.23. The maximum Gasteiger partial charge on any atom is 0.318 e. The second-order valence-electron chi connectivity index (χ2n) is 4.70. The summed E-state index contributed by atoms with van der Waals surface area (Å²) in [6.07, 6.45) is 1.81. The first-order valence-electron chi connectivity index (χ1n) is 6.62. The molecule has 106 valence electrons. The summed E-state index contributed by atoms with van der Waals surface area (Å²) in [5, 5.41) is 7.74. The number of halogens is 1. The molecule has 3 rings (SSSR count). The van der Waals surface area contributed by atoms with E-state index < -0.39 is 0 Å². The molecular weight excluding hydrogens is 278 g/mol. The monoisotopic (exact) mass is 293 g/mol. The molecule has 0 radical (unpaired) electrons. The van der Waals surface area contributed by atoms with Crippen LogP contribution in [-0.2, 0) is 0 Å². The molecule has 2 aromatic rings. The quantitative estimate of drug-likeness (QED) is 0.808. The lowest BCUT2D eigenvalue weighted by molar-refractivity contribution is 0.474. The molecule has 1 aliphatic rings. The van der Waals surface area contributed by atoms with Gasteiger partial charge in [0.2, 0.25) is 5.89 Å². The van der Waals surface area contributed by atoms with E-state index in [2.05, 4.69) is 25.0 Å². The normalized spacial score (nSPS) is 17.3. The van der Waals surface area contributed by atoms with Crippen molar-refractivity contribution in [2.45, 2.75) is 12.3 Å². The minimum absolute atomic E-state index is 0.258. The third kappa shape index (κ3) is 2.70. The first-order chi connectivity index (χ1) is 9.74. The molecule has 2 aromatic heterocycles. The van der Waals surface area contributed by atoms with Crippen LogP contribution < -0.4 is 9.80 Å². The zero-order valence-electron chi connectivity index (χ0n) is 11.2. The van der Waals surface area contributed by atoms with Crippen LogP contribution in [0.4, 0.5) is 11.8 Å². The second kappa shape index (κ2) is 5.66. The summed E-state index contributed by atoms with van der Waals surface area (Å²) in [5.41, 5.74) is 0. The Bertz CT molecular complexity index is 551. The summed E-state index contributed by atoms with van der Waals surface area (Å²) in [6, 6.07) is 6.50. The van der Waals surface area contributed by atoms with Gasteiger partial charge in [-0.25, -0.2) is 4.98 Å². The fourth-order valence-corrected chi connectivity index (χ4v) is 2.27. The number of piperazine rings is 1. The molecule has 20 heavy (non-hydrogen) atoms. The number of anilines is 2. The highest BCUT2D eigenvalue weighted by molar-refractivity contribution is 6.20. The van der Waals surface area contributed by atoms with Gasteiger partial charge in [-0.1, -0.05) is 11.2 Å². The number of aromatic nitrogens is 3. The smallest absolute Gasteiger partial charge is 0.318 e. The van der Waals surface area contributed by atoms with E-state index in [1.165, 1.54) is 0 Å². The van der Waals surface area contributed by atoms with Crippen molar-refractivity contribution in [1.82, 2.24) is 15.2 Å². The fraction of sp³-hybridized carbons (Fsp3) is 0.462. The Morgan fingerprint density at radius 3 is 2.50 bits per heavy atom. The largest absolute Gasteiger partial charge is 0.406 e. The van der Waals surface area contributed by atoms with Crippen molar-refractivity contribution >= 4 is 23.4 Å². The molecule has 1 saturated heterocycles. The van der Waals surface area contributed by atoms with Crippen LogP contribution in [0.25, 0.3) is 0 Å². The standard InChI is InChI=1S/C13H16ClN5O/c1-10(14)12-16-17-13(20-12)19-8-6-18(7-9-19)11-4-2-3-5-15-11/h2-5,10H,6-9H2,1H3. The SMILES string of the molecule is CC(Cl)c1nnc(N2CCN(c3ccccn3)CC2)o1. The van der Waals surface area contributed by atoms with Gasteiger partial charge in [0, 0.05) is 32.4 Å². The van der Waals surface area contributed by atoms with Gasteiger partial charge in [-0.3, -0.25) is 0 Å². The van der Waals surface area contributed by atoms with Crippen LogP contribution in [0.1, 0.15) is 18.2 Å². The van der Waals surface area contributed by atoms with Crippen LogP contribution in [0, 0.1) is 0 Å². The summed E-state index contributed by atoms with van der Waals surface area (Å²) in [7, 11) is 0. The molecule has 7 heteroatoms. The van der Waals surface area contributed by atoms with Crippen LogP contribution >= 0.6 is 11.6 Å². The number of rotatable bonds is 3. The minimum atomic E-state index is -0.258. The van der Waals surface area contributed by atoms with Crippen molar-refractivity contribution in [3.63, 3.8) is 0 Å². The van der Waals surface area contributed by atoms with Gasteiger partial charge in [0.05, 0.1) is 0 Å². The molecule has 0 N–H and O–H groups in total. The molecule has 0 spiro atoms. The van der Waals surface area contributed by atoms with Crippen LogP contribution in [0.5, 0.6) is 0 Å². The van der Waals surface area contributed by atoms with E-state index in [4.69, 9.17) is 16.0 Å². The Balaban J connectivity index is 1.63. The molecule has 1 fully saturated rings. The summed E-state index contributed by atoms with van der Waals surface area (Å²) >= 11 is 5.93. The number of nitrogens with zero attached hydrogens (tertiary/aromatic N) is 5. The summed E-state index contributed by atoms with van der Waals surface area (Å²) in [4.78, 5) is 8.69. The van der Waals surface area contributed by atoms with Crippen LogP contribution in [0.3, 0.4) is 0 Å². The van der Waals surface area contributed by atoms with Gasteiger partial charge in [-0.2, -0.15) is 0 Å². The number of hydrogen-bond acceptors (Lipinski definition) is 6. The maximum absolute atomic E-state index is 5.93. The Morgan fingerprint density at radius 2 is 1.90 bits per heavy atom. The first kappa shape index (κ1) is 13.2. The highest BCUT2D eigenvalue weighted by atomic mass is 35.5. The van der Waals surface area contributed by atoms with Gasteiger partial charge < -0.3 is 14.2 Å². The first-order valence-corrected chi connectivity index (χ1v) is 7.06. The van der Waals surface area contributed by atoms with E-state index in [1.54, 1.807) is 0 Å². The second-order valence-corrected chi connectivity index (χ2v) is 5.36. The van der Waals surface area contributed by atoms with Crippen molar-refractivity contribution in [3.05, 3.63) is 30.3 Å². The van der Waals surface area contributed by atoms with E-state index >= 15 is 0 Å². The zero-order chi connectivity index (χ0) is 13.9. The minimum Gasteiger partial charge on any atom is -0.406 e. The Morgan fingerprint density at radius 1 is 1.15 bits per heavy atom. The topological polar surface area (TPSA) is 58.3 Å². The van der Waals surface area contributed by atoms with E-state index in [0.717, 1.165) is 32.0 Å². The average molecular weight is 294 g/mol. The van der Waals surface area contributed by atoms with E-state index in [-0.39, 0.29) is 5.38 Å². The van der Waals surface area contributed by atoms with Gasteiger partial charge in [-0.15, -0.1) is 16.7 Å². The summed E-state index contributed by atoms with van der Waals surface area (Å²) in [6.45, 7) is 5.23. The molecule has 0 aromatic carbocycles. The average Bonchev–Trinajstić information content (AvgIpc) is 2.98. The molecule has 0 aliphatic carbocycles. The molecule has 0 saturated carbocycles. The van der Waals surface area contributed by atoms with E-state index in [0.29, 0.717) is 11.9 Å². The van der Waals surface area contributed by atoms with Gasteiger partial charge in [0.1, 0.15) is 11.2 Å². The summed E-state index contributed by atoms with van der Waals surface area (Å²) in [5.74, 6) is 1.47. The summed E-state index contributed by atoms with van der Waals surface area (Å²) < 4.78 is 5.56. The molecule has 1 aliphatic heterocycles. The lowest BCUT2D eigenvalue weighted by Gasteiger charge is -2.34. The van der Waals surface area contributed by atoms with Gasteiger partial charge in [-0.05, 0) is 19.1 Å².